The van der Waals surface area contributed by atoms with Crippen molar-refractivity contribution < 1.29 is 4.39 Å². The molecule has 0 radical (unpaired) electrons. The van der Waals surface area contributed by atoms with Crippen molar-refractivity contribution in [2.75, 3.05) is 11.9 Å². The van der Waals surface area contributed by atoms with Gasteiger partial charge in [0.15, 0.2) is 0 Å². The number of halogens is 1. The molecule has 1 saturated carbocycles. The molecule has 0 unspecified atom stereocenters. The van der Waals surface area contributed by atoms with Crippen molar-refractivity contribution in [3.05, 3.63) is 29.1 Å². The second-order valence-corrected chi connectivity index (χ2v) is 5.85. The lowest BCUT2D eigenvalue weighted by Crippen LogP contribution is -2.34. The average molecular weight is 264 g/mol. The molecule has 3 heteroatoms. The van der Waals surface area contributed by atoms with Crippen molar-refractivity contribution in [2.45, 2.75) is 58.0 Å². The van der Waals surface area contributed by atoms with Crippen molar-refractivity contribution in [1.29, 1.82) is 0 Å². The maximum atomic E-state index is 13.8. The molecule has 0 amide bonds. The molecule has 0 spiro atoms. The minimum Gasteiger partial charge on any atom is -0.371 e. The predicted molar refractivity (Wildman–Crippen MR) is 79.0 cm³/mol. The highest BCUT2D eigenvalue weighted by Gasteiger charge is 2.22. The Hall–Kier alpha value is -1.09. The van der Waals surface area contributed by atoms with E-state index in [1.165, 1.54) is 32.1 Å². The van der Waals surface area contributed by atoms with Gasteiger partial charge in [0.05, 0.1) is 0 Å². The van der Waals surface area contributed by atoms with Crippen LogP contribution in [-0.4, -0.2) is 13.1 Å². The highest BCUT2D eigenvalue weighted by Crippen LogP contribution is 2.32. The van der Waals surface area contributed by atoms with Crippen molar-refractivity contribution in [1.82, 2.24) is 0 Å². The molecule has 106 valence electrons. The fourth-order valence-electron chi connectivity index (χ4n) is 3.02. The number of hydrogen-bond donors (Lipinski definition) is 1. The third-order valence-corrected chi connectivity index (χ3v) is 4.30. The zero-order valence-corrected chi connectivity index (χ0v) is 12.2. The third kappa shape index (κ3) is 3.08. The number of nitrogens with two attached hydrogens (primary N) is 1. The van der Waals surface area contributed by atoms with E-state index in [0.29, 0.717) is 11.6 Å². The second kappa shape index (κ2) is 5.91. The Bertz CT molecular complexity index is 437. The SMILES string of the molecule is Cc1cc(N(C)C2CCCCC2)c([C@@H](C)N)cc1F. The van der Waals surface area contributed by atoms with Gasteiger partial charge in [0.2, 0.25) is 0 Å². The zero-order valence-electron chi connectivity index (χ0n) is 12.2. The first kappa shape index (κ1) is 14.3. The average Bonchev–Trinajstić information content (AvgIpc) is 2.41. The van der Waals surface area contributed by atoms with Crippen LogP contribution in [0.5, 0.6) is 0 Å². The van der Waals surface area contributed by atoms with E-state index in [4.69, 9.17) is 5.73 Å². The topological polar surface area (TPSA) is 29.3 Å². The van der Waals surface area contributed by atoms with Crippen molar-refractivity contribution >= 4 is 5.69 Å². The molecule has 2 nitrogen and oxygen atoms in total. The summed E-state index contributed by atoms with van der Waals surface area (Å²) in [7, 11) is 2.12. The van der Waals surface area contributed by atoms with Crippen LogP contribution in [0.1, 0.15) is 56.2 Å². The molecule has 0 aromatic heterocycles. The van der Waals surface area contributed by atoms with Crippen molar-refractivity contribution in [2.24, 2.45) is 5.73 Å². The Kier molecular flexibility index (Phi) is 4.46. The monoisotopic (exact) mass is 264 g/mol. The van der Waals surface area contributed by atoms with Gasteiger partial charge in [-0.25, -0.2) is 4.39 Å². The molecule has 1 aromatic carbocycles. The van der Waals surface area contributed by atoms with E-state index in [9.17, 15) is 4.39 Å². The fraction of sp³-hybridized carbons (Fsp3) is 0.625. The molecular weight excluding hydrogens is 239 g/mol. The van der Waals surface area contributed by atoms with E-state index in [0.717, 1.165) is 11.3 Å². The molecule has 1 aliphatic carbocycles. The Morgan fingerprint density at radius 2 is 1.89 bits per heavy atom. The van der Waals surface area contributed by atoms with E-state index < -0.39 is 0 Å². The van der Waals surface area contributed by atoms with Gasteiger partial charge in [-0.2, -0.15) is 0 Å². The molecule has 0 saturated heterocycles. The van der Waals surface area contributed by atoms with Crippen LogP contribution in [-0.2, 0) is 0 Å². The van der Waals surface area contributed by atoms with Gasteiger partial charge in [0, 0.05) is 24.8 Å². The molecule has 0 bridgehead atoms. The standard InChI is InChI=1S/C16H25FN2/c1-11-9-16(14(12(2)18)10-15(11)17)19(3)13-7-5-4-6-8-13/h9-10,12-13H,4-8,18H2,1-3H3/t12-/m1/s1. The summed E-state index contributed by atoms with van der Waals surface area (Å²) < 4.78 is 13.8. The molecule has 1 aliphatic rings. The maximum Gasteiger partial charge on any atom is 0.126 e. The van der Waals surface area contributed by atoms with Crippen LogP contribution in [0, 0.1) is 12.7 Å². The summed E-state index contributed by atoms with van der Waals surface area (Å²) in [6.07, 6.45) is 6.38. The smallest absolute Gasteiger partial charge is 0.126 e. The minimum absolute atomic E-state index is 0.142. The van der Waals surface area contributed by atoms with Crippen LogP contribution in [0.2, 0.25) is 0 Å². The highest BCUT2D eigenvalue weighted by molar-refractivity contribution is 5.57. The Labute approximate surface area is 115 Å². The predicted octanol–water partition coefficient (Wildman–Crippen LogP) is 3.92. The zero-order chi connectivity index (χ0) is 14.0. The largest absolute Gasteiger partial charge is 0.371 e. The minimum atomic E-state index is -0.159. The molecule has 1 aromatic rings. The van der Waals surface area contributed by atoms with Crippen LogP contribution in [0.4, 0.5) is 10.1 Å². The normalized spacial score (nSPS) is 18.4. The van der Waals surface area contributed by atoms with Crippen molar-refractivity contribution in [3.63, 3.8) is 0 Å². The quantitative estimate of drug-likeness (QED) is 0.896. The van der Waals surface area contributed by atoms with E-state index in [2.05, 4.69) is 11.9 Å². The maximum absolute atomic E-state index is 13.8. The molecular formula is C16H25FN2. The summed E-state index contributed by atoms with van der Waals surface area (Å²) in [5.41, 5.74) is 8.71. The van der Waals surface area contributed by atoms with Gasteiger partial charge in [0.1, 0.15) is 5.82 Å². The van der Waals surface area contributed by atoms with Gasteiger partial charge >= 0.3 is 0 Å². The van der Waals surface area contributed by atoms with E-state index in [1.807, 2.05) is 19.9 Å². The molecule has 1 fully saturated rings. The second-order valence-electron chi connectivity index (χ2n) is 5.85. The number of hydrogen-bond acceptors (Lipinski definition) is 2. The molecule has 19 heavy (non-hydrogen) atoms. The van der Waals surface area contributed by atoms with Gasteiger partial charge < -0.3 is 10.6 Å². The Balaban J connectivity index is 2.33. The van der Waals surface area contributed by atoms with Crippen LogP contribution >= 0.6 is 0 Å². The molecule has 2 rings (SSSR count). The Morgan fingerprint density at radius 3 is 2.47 bits per heavy atom. The van der Waals surface area contributed by atoms with E-state index >= 15 is 0 Å². The number of rotatable bonds is 3. The lowest BCUT2D eigenvalue weighted by atomic mass is 9.93. The van der Waals surface area contributed by atoms with Crippen LogP contribution in [0.3, 0.4) is 0 Å². The lowest BCUT2D eigenvalue weighted by Gasteiger charge is -2.35. The summed E-state index contributed by atoms with van der Waals surface area (Å²) in [6.45, 7) is 3.74. The van der Waals surface area contributed by atoms with Crippen LogP contribution in [0.15, 0.2) is 12.1 Å². The number of anilines is 1. The van der Waals surface area contributed by atoms with Crippen LogP contribution in [0.25, 0.3) is 0 Å². The summed E-state index contributed by atoms with van der Waals surface area (Å²) in [5.74, 6) is -0.159. The van der Waals surface area contributed by atoms with Gasteiger partial charge in [-0.15, -0.1) is 0 Å². The molecule has 2 N–H and O–H groups in total. The first-order chi connectivity index (χ1) is 9.00. The Morgan fingerprint density at radius 1 is 1.26 bits per heavy atom. The van der Waals surface area contributed by atoms with Gasteiger partial charge in [-0.3, -0.25) is 0 Å². The number of nitrogens with zero attached hydrogens (tertiary/aromatic N) is 1. The van der Waals surface area contributed by atoms with Crippen LogP contribution < -0.4 is 10.6 Å². The molecule has 1 atom stereocenters. The first-order valence-corrected chi connectivity index (χ1v) is 7.29. The molecule has 0 heterocycles. The number of benzene rings is 1. The van der Waals surface area contributed by atoms with E-state index in [-0.39, 0.29) is 11.9 Å². The lowest BCUT2D eigenvalue weighted by molar-refractivity contribution is 0.426. The fourth-order valence-corrected chi connectivity index (χ4v) is 3.02. The highest BCUT2D eigenvalue weighted by atomic mass is 19.1. The van der Waals surface area contributed by atoms with Gasteiger partial charge in [-0.1, -0.05) is 19.3 Å². The summed E-state index contributed by atoms with van der Waals surface area (Å²) in [6, 6.07) is 3.98. The molecule has 0 aliphatic heterocycles. The summed E-state index contributed by atoms with van der Waals surface area (Å²) >= 11 is 0. The summed E-state index contributed by atoms with van der Waals surface area (Å²) in [4.78, 5) is 2.31. The number of aryl methyl sites for hydroxylation is 1. The first-order valence-electron chi connectivity index (χ1n) is 7.29. The van der Waals surface area contributed by atoms with E-state index in [1.54, 1.807) is 6.07 Å². The summed E-state index contributed by atoms with van der Waals surface area (Å²) in [5, 5.41) is 0. The van der Waals surface area contributed by atoms with Gasteiger partial charge in [0.25, 0.3) is 0 Å². The van der Waals surface area contributed by atoms with Gasteiger partial charge in [-0.05, 0) is 49.9 Å². The third-order valence-electron chi connectivity index (χ3n) is 4.30. The van der Waals surface area contributed by atoms with Crippen molar-refractivity contribution in [3.8, 4) is 0 Å².